The van der Waals surface area contributed by atoms with Gasteiger partial charge in [-0.05, 0) is 98.1 Å². The number of fused-ring (bicyclic) bond motifs is 7. The van der Waals surface area contributed by atoms with E-state index < -0.39 is 0 Å². The van der Waals surface area contributed by atoms with Gasteiger partial charge in [0.25, 0.3) is 0 Å². The van der Waals surface area contributed by atoms with E-state index in [9.17, 15) is 0 Å². The number of hydrogen-bond donors (Lipinski definition) is 0. The molecule has 9 aromatic carbocycles. The van der Waals surface area contributed by atoms with Gasteiger partial charge in [0.2, 0.25) is 0 Å². The Kier molecular flexibility index (Phi) is 10.6. The fraction of sp³-hybridized carbons (Fsp3) is 0.0606. The van der Waals surface area contributed by atoms with Gasteiger partial charge in [-0.3, -0.25) is 0 Å². The minimum Gasteiger partial charge on any atom is -0.336 e. The molecule has 0 aliphatic carbocycles. The predicted molar refractivity (Wildman–Crippen MR) is 294 cm³/mol. The van der Waals surface area contributed by atoms with Gasteiger partial charge in [-0.2, -0.15) is 0 Å². The summed E-state index contributed by atoms with van der Waals surface area (Å²) in [4.78, 5) is 0. The number of hydrogen-bond acceptors (Lipinski definition) is 0. The molecule has 330 valence electrons. The average molecular weight is 886 g/mol. The molecule has 3 heterocycles. The van der Waals surface area contributed by atoms with E-state index in [0.717, 1.165) is 36.3 Å². The van der Waals surface area contributed by atoms with Crippen LogP contribution in [-0.2, 0) is 19.6 Å². The fourth-order valence-corrected chi connectivity index (χ4v) is 10.9. The van der Waals surface area contributed by atoms with E-state index in [1.165, 1.54) is 99.2 Å². The topological polar surface area (TPSA) is 14.8 Å². The number of aromatic nitrogens is 3. The highest BCUT2D eigenvalue weighted by molar-refractivity contribution is 6.10. The normalized spacial score (nSPS) is 11.7. The Labute approximate surface area is 403 Å². The van der Waals surface area contributed by atoms with Gasteiger partial charge in [0, 0.05) is 80.1 Å². The Balaban J connectivity index is 1.12. The SMILES string of the molecule is C=Cc1ccc(Cn2c(-c3ccccc3)c(C(c3ccc4c(c3)c3ccccc3n4Cc3ccc(C=C)cc3)c3ccc4c(c3)c3ccccc3n4Cc3ccc(C=C)cc3)c3ccccc32)cc1. The van der Waals surface area contributed by atoms with Crippen molar-refractivity contribution in [2.75, 3.05) is 0 Å². The molecule has 0 radical (unpaired) electrons. The van der Waals surface area contributed by atoms with Crippen molar-refractivity contribution in [1.82, 2.24) is 13.7 Å². The van der Waals surface area contributed by atoms with Crippen LogP contribution in [0.15, 0.2) is 232 Å². The second-order valence-electron chi connectivity index (χ2n) is 18.3. The smallest absolute Gasteiger partial charge is 0.0536 e. The third-order valence-electron chi connectivity index (χ3n) is 14.3. The highest BCUT2D eigenvalue weighted by Crippen LogP contribution is 2.47. The molecule has 12 aromatic rings. The lowest BCUT2D eigenvalue weighted by molar-refractivity contribution is 0.835. The van der Waals surface area contributed by atoms with Crippen molar-refractivity contribution in [2.24, 2.45) is 0 Å². The summed E-state index contributed by atoms with van der Waals surface area (Å²) in [7, 11) is 0. The van der Waals surface area contributed by atoms with Crippen LogP contribution in [0.1, 0.15) is 56.0 Å². The number of rotatable bonds is 13. The molecule has 0 bridgehead atoms. The number of nitrogens with zero attached hydrogens (tertiary/aromatic N) is 3. The zero-order valence-electron chi connectivity index (χ0n) is 38.6. The Morgan fingerprint density at radius 3 is 1.13 bits per heavy atom. The molecule has 3 nitrogen and oxygen atoms in total. The maximum Gasteiger partial charge on any atom is 0.0536 e. The van der Waals surface area contributed by atoms with Crippen molar-refractivity contribution < 1.29 is 0 Å². The minimum absolute atomic E-state index is 0.134. The Bertz CT molecular complexity index is 3720. The zero-order valence-corrected chi connectivity index (χ0v) is 38.6. The van der Waals surface area contributed by atoms with Crippen LogP contribution in [0.3, 0.4) is 0 Å². The van der Waals surface area contributed by atoms with Gasteiger partial charge in [0.1, 0.15) is 0 Å². The highest BCUT2D eigenvalue weighted by atomic mass is 15.0. The maximum atomic E-state index is 4.03. The average Bonchev–Trinajstić information content (AvgIpc) is 4.02. The van der Waals surface area contributed by atoms with Crippen LogP contribution >= 0.6 is 0 Å². The van der Waals surface area contributed by atoms with E-state index in [1.54, 1.807) is 0 Å². The second kappa shape index (κ2) is 17.5. The molecule has 0 fully saturated rings. The second-order valence-corrected chi connectivity index (χ2v) is 18.3. The molecule has 0 spiro atoms. The quantitative estimate of drug-likeness (QED) is 0.110. The Morgan fingerprint density at radius 1 is 0.333 bits per heavy atom. The van der Waals surface area contributed by atoms with Crippen molar-refractivity contribution in [2.45, 2.75) is 25.6 Å². The van der Waals surface area contributed by atoms with Gasteiger partial charge in [-0.1, -0.05) is 208 Å². The molecule has 0 saturated heterocycles. The third kappa shape index (κ3) is 7.40. The monoisotopic (exact) mass is 885 g/mol. The third-order valence-corrected chi connectivity index (χ3v) is 14.3. The predicted octanol–water partition coefficient (Wildman–Crippen LogP) is 16.8. The molecule has 3 aromatic heterocycles. The molecule has 0 atom stereocenters. The van der Waals surface area contributed by atoms with E-state index in [0.29, 0.717) is 0 Å². The van der Waals surface area contributed by atoms with Gasteiger partial charge < -0.3 is 13.7 Å². The number of para-hydroxylation sites is 3. The molecule has 12 rings (SSSR count). The Hall–Kier alpha value is -8.66. The first kappa shape index (κ1) is 41.7. The van der Waals surface area contributed by atoms with Gasteiger partial charge in [-0.25, -0.2) is 0 Å². The van der Waals surface area contributed by atoms with Crippen LogP contribution < -0.4 is 0 Å². The molecule has 69 heavy (non-hydrogen) atoms. The Morgan fingerprint density at radius 2 is 0.696 bits per heavy atom. The fourth-order valence-electron chi connectivity index (χ4n) is 10.9. The summed E-state index contributed by atoms with van der Waals surface area (Å²) >= 11 is 0. The van der Waals surface area contributed by atoms with Crippen LogP contribution in [0, 0.1) is 0 Å². The van der Waals surface area contributed by atoms with E-state index in [4.69, 9.17) is 0 Å². The standard InChI is InChI=1S/C66H51N3/c1-4-45-24-30-48(31-25-45)42-67-59-21-13-10-18-54(59)57-40-52(36-38-62(57)67)64(53-37-39-63-58(41-53)55-19-11-14-22-60(55)68(63)43-49-32-26-46(5-2)27-33-49)65-56-20-12-15-23-61(56)69(66(65)51-16-8-7-9-17-51)44-50-34-28-47(6-3)29-35-50/h4-41,64H,1-3,42-44H2. The zero-order chi connectivity index (χ0) is 46.4. The summed E-state index contributed by atoms with van der Waals surface area (Å²) in [6.07, 6.45) is 5.72. The summed E-state index contributed by atoms with van der Waals surface area (Å²) in [6, 6.07) is 78.8. The first-order chi connectivity index (χ1) is 34.1. The van der Waals surface area contributed by atoms with Crippen LogP contribution in [0.2, 0.25) is 0 Å². The molecule has 0 amide bonds. The highest BCUT2D eigenvalue weighted by Gasteiger charge is 2.29. The van der Waals surface area contributed by atoms with E-state index in [-0.39, 0.29) is 5.92 Å². The molecule has 0 saturated carbocycles. The van der Waals surface area contributed by atoms with Crippen LogP contribution in [0.5, 0.6) is 0 Å². The molecule has 0 unspecified atom stereocenters. The minimum atomic E-state index is -0.134. The summed E-state index contributed by atoms with van der Waals surface area (Å²) < 4.78 is 7.52. The van der Waals surface area contributed by atoms with Crippen molar-refractivity contribution in [3.63, 3.8) is 0 Å². The van der Waals surface area contributed by atoms with Crippen molar-refractivity contribution >= 4 is 72.7 Å². The summed E-state index contributed by atoms with van der Waals surface area (Å²) in [5, 5.41) is 6.26. The molecule has 0 aliphatic heterocycles. The molecular formula is C66H51N3. The van der Waals surface area contributed by atoms with Gasteiger partial charge >= 0.3 is 0 Å². The van der Waals surface area contributed by atoms with E-state index in [2.05, 4.69) is 246 Å². The molecule has 3 heteroatoms. The van der Waals surface area contributed by atoms with Crippen molar-refractivity contribution in [3.8, 4) is 11.3 Å². The van der Waals surface area contributed by atoms with E-state index >= 15 is 0 Å². The van der Waals surface area contributed by atoms with E-state index in [1.807, 2.05) is 18.2 Å². The molecule has 0 N–H and O–H groups in total. The molecular weight excluding hydrogens is 835 g/mol. The first-order valence-electron chi connectivity index (χ1n) is 23.9. The van der Waals surface area contributed by atoms with Crippen molar-refractivity contribution in [3.05, 3.63) is 282 Å². The summed E-state index contributed by atoms with van der Waals surface area (Å²) in [5.74, 6) is -0.134. The lowest BCUT2D eigenvalue weighted by atomic mass is 9.81. The van der Waals surface area contributed by atoms with Gasteiger partial charge in [0.05, 0.1) is 5.69 Å². The first-order valence-corrected chi connectivity index (χ1v) is 23.9. The maximum absolute atomic E-state index is 4.03. The van der Waals surface area contributed by atoms with Gasteiger partial charge in [-0.15, -0.1) is 0 Å². The summed E-state index contributed by atoms with van der Waals surface area (Å²) in [5.41, 5.74) is 19.5. The van der Waals surface area contributed by atoms with Gasteiger partial charge in [0.15, 0.2) is 0 Å². The summed E-state index contributed by atoms with van der Waals surface area (Å²) in [6.45, 7) is 14.3. The van der Waals surface area contributed by atoms with Crippen LogP contribution in [0.4, 0.5) is 0 Å². The number of benzene rings is 9. The molecule has 0 aliphatic rings. The van der Waals surface area contributed by atoms with Crippen molar-refractivity contribution in [1.29, 1.82) is 0 Å². The largest absolute Gasteiger partial charge is 0.336 e. The van der Waals surface area contributed by atoms with Crippen LogP contribution in [0.25, 0.3) is 84.0 Å². The lowest BCUT2D eigenvalue weighted by Gasteiger charge is -2.22. The lowest BCUT2D eigenvalue weighted by Crippen LogP contribution is -2.08. The van der Waals surface area contributed by atoms with Crippen LogP contribution in [-0.4, -0.2) is 13.7 Å².